The fourth-order valence-corrected chi connectivity index (χ4v) is 3.17. The van der Waals surface area contributed by atoms with Crippen molar-refractivity contribution >= 4 is 6.09 Å². The third kappa shape index (κ3) is 4.35. The van der Waals surface area contributed by atoms with E-state index in [9.17, 15) is 4.79 Å². The molecule has 0 saturated heterocycles. The molecule has 0 bridgehead atoms. The Morgan fingerprint density at radius 2 is 1.93 bits per heavy atom. The summed E-state index contributed by atoms with van der Waals surface area (Å²) in [6.07, 6.45) is -0.513. The van der Waals surface area contributed by atoms with Crippen LogP contribution in [0.3, 0.4) is 0 Å². The lowest BCUT2D eigenvalue weighted by molar-refractivity contribution is -0.0310. The summed E-state index contributed by atoms with van der Waals surface area (Å²) < 4.78 is 17.0. The third-order valence-corrected chi connectivity index (χ3v) is 4.63. The van der Waals surface area contributed by atoms with Gasteiger partial charge in [0.25, 0.3) is 0 Å². The SMILES string of the molecule is COc1cc2c(c(C(C)(C)C)c1)OC(OC(=O)N(C)Cc1ccccc1)C2. The molecule has 2 aromatic carbocycles. The van der Waals surface area contributed by atoms with E-state index in [4.69, 9.17) is 14.2 Å². The second kappa shape index (κ2) is 7.51. The van der Waals surface area contributed by atoms with E-state index in [0.717, 1.165) is 28.2 Å². The molecule has 0 aromatic heterocycles. The molecule has 0 spiro atoms. The first-order valence-corrected chi connectivity index (χ1v) is 9.11. The van der Waals surface area contributed by atoms with Crippen LogP contribution in [0.15, 0.2) is 42.5 Å². The maximum atomic E-state index is 12.5. The molecule has 5 nitrogen and oxygen atoms in total. The highest BCUT2D eigenvalue weighted by Crippen LogP contribution is 2.42. The summed E-state index contributed by atoms with van der Waals surface area (Å²) in [5, 5.41) is 0. The summed E-state index contributed by atoms with van der Waals surface area (Å²) in [4.78, 5) is 14.0. The number of carbonyl (C=O) groups is 1. The van der Waals surface area contributed by atoms with E-state index in [1.165, 1.54) is 0 Å². The summed E-state index contributed by atoms with van der Waals surface area (Å²) in [6, 6.07) is 13.8. The molecule has 144 valence electrons. The topological polar surface area (TPSA) is 48.0 Å². The van der Waals surface area contributed by atoms with Crippen LogP contribution in [-0.2, 0) is 23.1 Å². The second-order valence-electron chi connectivity index (χ2n) is 7.89. The van der Waals surface area contributed by atoms with Crippen LogP contribution in [0.25, 0.3) is 0 Å². The number of nitrogens with zero attached hydrogens (tertiary/aromatic N) is 1. The first-order valence-electron chi connectivity index (χ1n) is 9.11. The zero-order valence-electron chi connectivity index (χ0n) is 16.6. The van der Waals surface area contributed by atoms with Crippen molar-refractivity contribution in [3.05, 3.63) is 59.2 Å². The Hall–Kier alpha value is -2.69. The minimum absolute atomic E-state index is 0.110. The Balaban J connectivity index is 1.70. The van der Waals surface area contributed by atoms with Crippen molar-refractivity contribution in [2.45, 2.75) is 45.4 Å². The quantitative estimate of drug-likeness (QED) is 0.795. The standard InChI is InChI=1S/C22H27NO4/c1-22(2,3)18-13-17(25-5)11-16-12-19(26-20(16)18)27-21(24)23(4)14-15-9-7-6-8-10-15/h6-11,13,19H,12,14H2,1-5H3. The van der Waals surface area contributed by atoms with Crippen molar-refractivity contribution in [2.24, 2.45) is 0 Å². The van der Waals surface area contributed by atoms with Gasteiger partial charge < -0.3 is 19.1 Å². The number of benzene rings is 2. The van der Waals surface area contributed by atoms with Crippen LogP contribution in [0.2, 0.25) is 0 Å². The van der Waals surface area contributed by atoms with E-state index in [-0.39, 0.29) is 5.41 Å². The predicted molar refractivity (Wildman–Crippen MR) is 104 cm³/mol. The third-order valence-electron chi connectivity index (χ3n) is 4.63. The highest BCUT2D eigenvalue weighted by molar-refractivity contribution is 5.67. The van der Waals surface area contributed by atoms with E-state index in [2.05, 4.69) is 20.8 Å². The minimum Gasteiger partial charge on any atom is -0.497 e. The number of hydrogen-bond acceptors (Lipinski definition) is 4. The molecule has 0 radical (unpaired) electrons. The summed E-state index contributed by atoms with van der Waals surface area (Å²) in [5.41, 5.74) is 2.99. The molecular weight excluding hydrogens is 342 g/mol. The number of carbonyl (C=O) groups excluding carboxylic acids is 1. The fourth-order valence-electron chi connectivity index (χ4n) is 3.17. The molecule has 1 unspecified atom stereocenters. The average molecular weight is 369 g/mol. The van der Waals surface area contributed by atoms with Gasteiger partial charge in [0.05, 0.1) is 13.5 Å². The Morgan fingerprint density at radius 3 is 2.56 bits per heavy atom. The zero-order valence-corrected chi connectivity index (χ0v) is 16.6. The summed E-state index contributed by atoms with van der Waals surface area (Å²) >= 11 is 0. The van der Waals surface area contributed by atoms with Gasteiger partial charge in [-0.1, -0.05) is 51.1 Å². The van der Waals surface area contributed by atoms with Gasteiger partial charge in [-0.2, -0.15) is 0 Å². The zero-order chi connectivity index (χ0) is 19.6. The first-order chi connectivity index (χ1) is 12.8. The van der Waals surface area contributed by atoms with Gasteiger partial charge in [0, 0.05) is 24.7 Å². The van der Waals surface area contributed by atoms with Gasteiger partial charge in [0.2, 0.25) is 6.29 Å². The van der Waals surface area contributed by atoms with Crippen LogP contribution in [0.5, 0.6) is 11.5 Å². The Kier molecular flexibility index (Phi) is 5.31. The largest absolute Gasteiger partial charge is 0.497 e. The van der Waals surface area contributed by atoms with Gasteiger partial charge in [-0.3, -0.25) is 0 Å². The van der Waals surface area contributed by atoms with Crippen molar-refractivity contribution in [1.82, 2.24) is 4.90 Å². The Bertz CT molecular complexity index is 811. The lowest BCUT2D eigenvalue weighted by Crippen LogP contribution is -2.32. The molecule has 3 rings (SSSR count). The van der Waals surface area contributed by atoms with Crippen LogP contribution >= 0.6 is 0 Å². The maximum Gasteiger partial charge on any atom is 0.412 e. The van der Waals surface area contributed by atoms with Crippen molar-refractivity contribution in [1.29, 1.82) is 0 Å². The molecule has 2 aromatic rings. The van der Waals surface area contributed by atoms with Crippen LogP contribution in [0.4, 0.5) is 4.79 Å². The summed E-state index contributed by atoms with van der Waals surface area (Å²) in [6.45, 7) is 6.86. The van der Waals surface area contributed by atoms with Crippen molar-refractivity contribution in [3.63, 3.8) is 0 Å². The van der Waals surface area contributed by atoms with Gasteiger partial charge >= 0.3 is 6.09 Å². The molecule has 1 aliphatic heterocycles. The normalized spacial score (nSPS) is 15.7. The minimum atomic E-state index is -0.626. The molecule has 5 heteroatoms. The molecule has 1 aliphatic rings. The summed E-state index contributed by atoms with van der Waals surface area (Å²) in [7, 11) is 3.38. The smallest absolute Gasteiger partial charge is 0.412 e. The average Bonchev–Trinajstić information content (AvgIpc) is 3.02. The van der Waals surface area contributed by atoms with Crippen LogP contribution in [0, 0.1) is 0 Å². The lowest BCUT2D eigenvalue weighted by atomic mass is 9.85. The molecule has 0 saturated carbocycles. The van der Waals surface area contributed by atoms with Gasteiger partial charge in [0.1, 0.15) is 11.5 Å². The first kappa shape index (κ1) is 19.1. The number of amides is 1. The second-order valence-corrected chi connectivity index (χ2v) is 7.89. The molecule has 1 heterocycles. The van der Waals surface area contributed by atoms with Gasteiger partial charge in [-0.15, -0.1) is 0 Å². The molecule has 0 aliphatic carbocycles. The van der Waals surface area contributed by atoms with Gasteiger partial charge in [0.15, 0.2) is 0 Å². The van der Waals surface area contributed by atoms with E-state index in [1.807, 2.05) is 42.5 Å². The fraction of sp³-hybridized carbons (Fsp3) is 0.409. The number of hydrogen-bond donors (Lipinski definition) is 0. The molecule has 1 amide bonds. The molecule has 1 atom stereocenters. The molecule has 0 fully saturated rings. The Labute approximate surface area is 160 Å². The summed E-state index contributed by atoms with van der Waals surface area (Å²) in [5.74, 6) is 1.59. The van der Waals surface area contributed by atoms with Crippen LogP contribution in [-0.4, -0.2) is 31.4 Å². The van der Waals surface area contributed by atoms with E-state index < -0.39 is 12.4 Å². The van der Waals surface area contributed by atoms with Crippen molar-refractivity contribution in [3.8, 4) is 11.5 Å². The van der Waals surface area contributed by atoms with E-state index in [0.29, 0.717) is 13.0 Å². The predicted octanol–water partition coefficient (Wildman–Crippen LogP) is 4.52. The van der Waals surface area contributed by atoms with Crippen LogP contribution < -0.4 is 9.47 Å². The van der Waals surface area contributed by atoms with E-state index in [1.54, 1.807) is 19.1 Å². The van der Waals surface area contributed by atoms with Crippen molar-refractivity contribution < 1.29 is 19.0 Å². The molecule has 27 heavy (non-hydrogen) atoms. The van der Waals surface area contributed by atoms with Crippen molar-refractivity contribution in [2.75, 3.05) is 14.2 Å². The number of fused-ring (bicyclic) bond motifs is 1. The van der Waals surface area contributed by atoms with Gasteiger partial charge in [-0.05, 0) is 23.1 Å². The van der Waals surface area contributed by atoms with E-state index >= 15 is 0 Å². The lowest BCUT2D eigenvalue weighted by Gasteiger charge is -2.23. The molecular formula is C22H27NO4. The number of ether oxygens (including phenoxy) is 3. The highest BCUT2D eigenvalue weighted by Gasteiger charge is 2.33. The maximum absolute atomic E-state index is 12.5. The number of methoxy groups -OCH3 is 1. The molecule has 0 N–H and O–H groups in total. The van der Waals surface area contributed by atoms with Crippen LogP contribution in [0.1, 0.15) is 37.5 Å². The number of rotatable bonds is 4. The Morgan fingerprint density at radius 1 is 1.22 bits per heavy atom. The monoisotopic (exact) mass is 369 g/mol. The van der Waals surface area contributed by atoms with Gasteiger partial charge in [-0.25, -0.2) is 4.79 Å². The highest BCUT2D eigenvalue weighted by atomic mass is 16.7.